The zero-order chi connectivity index (χ0) is 87.1. The van der Waals surface area contributed by atoms with Crippen molar-refractivity contribution in [2.24, 2.45) is 0 Å². The second-order valence-electron chi connectivity index (χ2n) is 31.4. The fraction of sp³-hybridized carbons (Fsp3) is 0.562. The van der Waals surface area contributed by atoms with Gasteiger partial charge >= 0.3 is 6.03 Å². The molecule has 0 fully saturated rings. The highest BCUT2D eigenvalue weighted by atomic mass is 35.5. The first-order chi connectivity index (χ1) is 58.1. The summed E-state index contributed by atoms with van der Waals surface area (Å²) in [5.41, 5.74) is 9.88. The van der Waals surface area contributed by atoms with Gasteiger partial charge in [0, 0.05) is 173 Å². The minimum Gasteiger partial charge on any atom is -0.379 e. The van der Waals surface area contributed by atoms with Crippen molar-refractivity contribution in [3.8, 4) is 0 Å². The molecule has 6 aromatic carbocycles. The van der Waals surface area contributed by atoms with Crippen molar-refractivity contribution in [3.63, 3.8) is 0 Å². The lowest BCUT2D eigenvalue weighted by atomic mass is 9.84. The van der Waals surface area contributed by atoms with E-state index in [1.165, 1.54) is 12.9 Å². The average Bonchev–Trinajstić information content (AvgIpc) is 0.778. The first kappa shape index (κ1) is 99.5. The van der Waals surface area contributed by atoms with Gasteiger partial charge in [-0.2, -0.15) is 12.9 Å². The summed E-state index contributed by atoms with van der Waals surface area (Å²) in [4.78, 5) is 48.4. The van der Waals surface area contributed by atoms with Gasteiger partial charge in [0.15, 0.2) is 0 Å². The van der Waals surface area contributed by atoms with E-state index in [2.05, 4.69) is 36.3 Å². The van der Waals surface area contributed by atoms with Gasteiger partial charge in [-0.3, -0.25) is 9.59 Å². The summed E-state index contributed by atoms with van der Waals surface area (Å²) in [5, 5.41) is 8.75. The number of rotatable bonds is 55. The van der Waals surface area contributed by atoms with Crippen molar-refractivity contribution >= 4 is 106 Å². The Morgan fingerprint density at radius 2 is 0.719 bits per heavy atom. The van der Waals surface area contributed by atoms with Crippen LogP contribution in [0.1, 0.15) is 165 Å². The molecular formula is C89H124Cl5N9O15S3. The maximum Gasteiger partial charge on any atom is 0.314 e. The summed E-state index contributed by atoms with van der Waals surface area (Å²) in [5.74, 6) is 0.0603. The van der Waals surface area contributed by atoms with E-state index >= 15 is 0 Å². The summed E-state index contributed by atoms with van der Waals surface area (Å²) >= 11 is 32.8. The van der Waals surface area contributed by atoms with Gasteiger partial charge in [-0.15, -0.1) is 0 Å². The third-order valence-electron chi connectivity index (χ3n) is 22.3. The Balaban J connectivity index is 0.638. The lowest BCUT2D eigenvalue weighted by Gasteiger charge is -2.34. The number of Topliss-reactive ketones (excluding diaryl/α,β-unsaturated/α-hetero) is 2. The van der Waals surface area contributed by atoms with Crippen LogP contribution in [0.25, 0.3) is 0 Å². The van der Waals surface area contributed by atoms with Crippen molar-refractivity contribution in [2.75, 3.05) is 192 Å². The number of likely N-dealkylation sites (N-methyl/N-ethyl adjacent to an activating group) is 6. The molecule has 0 aromatic heterocycles. The second kappa shape index (κ2) is 50.3. The molecular weight excluding hydrogens is 1710 g/mol. The zero-order valence-corrected chi connectivity index (χ0v) is 77.5. The average molecular weight is 1830 g/mol. The van der Waals surface area contributed by atoms with E-state index in [-0.39, 0.29) is 149 Å². The zero-order valence-electron chi connectivity index (χ0n) is 71.3. The molecule has 0 saturated heterocycles. The van der Waals surface area contributed by atoms with Crippen molar-refractivity contribution in [1.29, 1.82) is 0 Å². The number of benzene rings is 6. The van der Waals surface area contributed by atoms with E-state index < -0.39 is 30.1 Å². The fourth-order valence-corrected chi connectivity index (χ4v) is 21.9. The highest BCUT2D eigenvalue weighted by Gasteiger charge is 2.34. The first-order valence-corrected chi connectivity index (χ1v) is 48.7. The van der Waals surface area contributed by atoms with Gasteiger partial charge in [0.25, 0.3) is 0 Å². The second-order valence-corrected chi connectivity index (χ2v) is 39.3. The number of sulfonamides is 3. The quantitative estimate of drug-likeness (QED) is 0.0336. The number of aryl methyl sites for hydroxylation is 1. The SMILES string of the molecule is CCN(CCOCCOCCCC(=O)CCCCN(CCCCC(=O)CCCOCCOCCN(CC)S(=O)(=O)c1cccc([C@@H]2CN(C)Cc3c(Cl)cc(Cl)cc32)c1)CCCNC(=O)NCCOCCOCCN(CC)S(=O)(=O)c1cccc([C@@H]2CN(C)Cc3c(Cl)cc(Cl)cc32)c1)S(=O)(=O)c1cccc([C@@H]2CN(C)Cc3c(Cl)cc(C)cc32)c1. The van der Waals surface area contributed by atoms with Crippen LogP contribution in [-0.2, 0) is 87.7 Å². The first-order valence-electron chi connectivity index (χ1n) is 42.5. The van der Waals surface area contributed by atoms with Crippen LogP contribution in [-0.4, -0.2) is 267 Å². The van der Waals surface area contributed by atoms with Crippen LogP contribution in [0.2, 0.25) is 25.1 Å². The van der Waals surface area contributed by atoms with Crippen LogP contribution in [0.3, 0.4) is 0 Å². The summed E-state index contributed by atoms with van der Waals surface area (Å²) in [6.45, 7) is 19.0. The molecule has 0 bridgehead atoms. The van der Waals surface area contributed by atoms with Gasteiger partial charge in [0.1, 0.15) is 11.6 Å². The number of unbranched alkanes of at least 4 members (excludes halogenated alkanes) is 2. The maximum absolute atomic E-state index is 14.0. The van der Waals surface area contributed by atoms with Crippen LogP contribution in [0.4, 0.5) is 4.79 Å². The Labute approximate surface area is 743 Å². The molecule has 668 valence electrons. The standard InChI is InChI=1S/C89H124Cl5N9O15S3/c1-8-101(119(107,108)74-28-15-21-67(53-74)80-60-97(5)63-83-77(80)51-66(4)52-86(83)92)36-42-116-48-45-113-39-18-26-72(104)24-11-13-33-100(34-14-12-25-73(105)27-19-40-114-46-49-117-43-37-102(9-2)120(109,110)75-29-16-22-68(54-75)81-61-98(6)64-84-78(81)56-70(90)58-87(84)93)35-20-31-95-89(106)96-32-41-115-47-50-118-44-38-103(10-3)121(111,112)76-30-17-23-69(55-76)82-62-99(7)65-85-79(82)57-71(91)59-88(85)94/h15-17,21-23,28-30,51-59,80-82H,8-14,18-20,24-27,31-50,60-65H2,1-7H3,(H2,95,96,106)/t80-,81-,82-/m0/s1. The van der Waals surface area contributed by atoms with Crippen LogP contribution in [0.5, 0.6) is 0 Å². The number of urea groups is 1. The Kier molecular flexibility index (Phi) is 41.4. The third kappa shape index (κ3) is 30.2. The van der Waals surface area contributed by atoms with Gasteiger partial charge in [-0.1, -0.05) is 121 Å². The topological polar surface area (TPSA) is 256 Å². The van der Waals surface area contributed by atoms with E-state index in [1.807, 2.05) is 77.5 Å². The van der Waals surface area contributed by atoms with Gasteiger partial charge < -0.3 is 58.7 Å². The molecule has 32 heteroatoms. The maximum atomic E-state index is 14.0. The van der Waals surface area contributed by atoms with Crippen molar-refractivity contribution in [3.05, 3.63) is 190 Å². The van der Waals surface area contributed by atoms with Crippen LogP contribution in [0, 0.1) is 6.92 Å². The molecule has 0 saturated carbocycles. The lowest BCUT2D eigenvalue weighted by molar-refractivity contribution is -0.120. The number of amides is 2. The molecule has 3 atom stereocenters. The minimum atomic E-state index is -3.85. The number of hydrogen-bond donors (Lipinski definition) is 2. The molecule has 0 aliphatic carbocycles. The Bertz CT molecular complexity index is 4240. The molecule has 0 unspecified atom stereocenters. The minimum absolute atomic E-state index is 0.0288. The molecule has 6 aromatic rings. The predicted octanol–water partition coefficient (Wildman–Crippen LogP) is 14.6. The molecule has 3 aliphatic rings. The summed E-state index contributed by atoms with van der Waals surface area (Å²) in [7, 11) is -5.43. The Morgan fingerprint density at radius 3 is 1.10 bits per heavy atom. The summed E-state index contributed by atoms with van der Waals surface area (Å²) in [6.07, 6.45) is 6.48. The summed E-state index contributed by atoms with van der Waals surface area (Å²) in [6, 6.07) is 32.5. The molecule has 0 radical (unpaired) electrons. The smallest absolute Gasteiger partial charge is 0.314 e. The van der Waals surface area contributed by atoms with E-state index in [1.54, 1.807) is 74.5 Å². The van der Waals surface area contributed by atoms with Gasteiger partial charge in [-0.25, -0.2) is 30.0 Å². The Hall–Kier alpha value is -5.29. The normalized spacial score (nSPS) is 16.1. The van der Waals surface area contributed by atoms with Crippen molar-refractivity contribution < 1.29 is 68.1 Å². The van der Waals surface area contributed by atoms with Crippen LogP contribution < -0.4 is 10.6 Å². The number of carbonyl (C=O) groups is 3. The van der Waals surface area contributed by atoms with Crippen molar-refractivity contribution in [1.82, 2.24) is 43.1 Å². The number of halogens is 5. The number of ketones is 2. The van der Waals surface area contributed by atoms with E-state index in [9.17, 15) is 39.6 Å². The molecule has 0 spiro atoms. The lowest BCUT2D eigenvalue weighted by Crippen LogP contribution is -2.39. The number of hydrogen-bond acceptors (Lipinski definition) is 19. The number of fused-ring (bicyclic) bond motifs is 3. The molecule has 24 nitrogen and oxygen atoms in total. The van der Waals surface area contributed by atoms with Gasteiger partial charge in [-0.05, 0) is 215 Å². The summed E-state index contributed by atoms with van der Waals surface area (Å²) < 4.78 is 123. The number of nitrogens with zero attached hydrogens (tertiary/aromatic N) is 7. The number of nitrogens with one attached hydrogen (secondary N) is 2. The van der Waals surface area contributed by atoms with Gasteiger partial charge in [0.2, 0.25) is 30.1 Å². The van der Waals surface area contributed by atoms with E-state index in [4.69, 9.17) is 86.4 Å². The van der Waals surface area contributed by atoms with E-state index in [0.29, 0.717) is 144 Å². The highest BCUT2D eigenvalue weighted by molar-refractivity contribution is 7.89. The Morgan fingerprint density at radius 1 is 0.388 bits per heavy atom. The molecule has 3 heterocycles. The molecule has 9 rings (SSSR count). The molecule has 2 N–H and O–H groups in total. The van der Waals surface area contributed by atoms with E-state index in [0.717, 1.165) is 99.7 Å². The number of carbonyl (C=O) groups excluding carboxylic acids is 3. The largest absolute Gasteiger partial charge is 0.379 e. The molecule has 3 aliphatic heterocycles. The molecule has 2 amide bonds. The monoisotopic (exact) mass is 1830 g/mol. The predicted molar refractivity (Wildman–Crippen MR) is 480 cm³/mol. The van der Waals surface area contributed by atoms with Crippen molar-refractivity contribution in [2.45, 2.75) is 150 Å². The highest BCUT2D eigenvalue weighted by Crippen LogP contribution is 2.43. The third-order valence-corrected chi connectivity index (χ3v) is 29.7. The molecule has 121 heavy (non-hydrogen) atoms. The fourth-order valence-electron chi connectivity index (χ4n) is 15.9. The van der Waals surface area contributed by atoms with Crippen LogP contribution >= 0.6 is 58.0 Å². The van der Waals surface area contributed by atoms with Gasteiger partial charge in [0.05, 0.1) is 80.8 Å². The van der Waals surface area contributed by atoms with Crippen LogP contribution in [0.15, 0.2) is 124 Å². The number of ether oxygens (including phenoxy) is 6.